The van der Waals surface area contributed by atoms with E-state index in [1.165, 1.54) is 48.6 Å². The molecule has 1 amide bonds. The zero-order chi connectivity index (χ0) is 19.2. The van der Waals surface area contributed by atoms with Gasteiger partial charge in [-0.25, -0.2) is 0 Å². The SMILES string of the molecule is Cc1cccc(-n2nnnc2SC(C)C(=O)NCCC2=CCCCC2)c1C. The van der Waals surface area contributed by atoms with E-state index < -0.39 is 0 Å². The fourth-order valence-electron chi connectivity index (χ4n) is 3.20. The largest absolute Gasteiger partial charge is 0.355 e. The lowest BCUT2D eigenvalue weighted by Gasteiger charge is -2.15. The van der Waals surface area contributed by atoms with Gasteiger partial charge in [0.05, 0.1) is 10.9 Å². The van der Waals surface area contributed by atoms with Crippen molar-refractivity contribution in [2.75, 3.05) is 6.54 Å². The number of aryl methyl sites for hydroxylation is 1. The molecule has 1 N–H and O–H groups in total. The summed E-state index contributed by atoms with van der Waals surface area (Å²) in [5.41, 5.74) is 4.73. The van der Waals surface area contributed by atoms with Crippen LogP contribution in [0.3, 0.4) is 0 Å². The highest BCUT2D eigenvalue weighted by molar-refractivity contribution is 8.00. The summed E-state index contributed by atoms with van der Waals surface area (Å²) in [4.78, 5) is 12.5. The van der Waals surface area contributed by atoms with E-state index >= 15 is 0 Å². The average Bonchev–Trinajstić information content (AvgIpc) is 3.12. The Labute approximate surface area is 164 Å². The van der Waals surface area contributed by atoms with Crippen LogP contribution in [0.4, 0.5) is 0 Å². The number of aromatic nitrogens is 4. The number of benzene rings is 1. The maximum absolute atomic E-state index is 12.5. The van der Waals surface area contributed by atoms with Crippen molar-refractivity contribution in [3.8, 4) is 5.69 Å². The Morgan fingerprint density at radius 2 is 2.19 bits per heavy atom. The molecule has 0 spiro atoms. The van der Waals surface area contributed by atoms with Gasteiger partial charge < -0.3 is 5.32 Å². The third kappa shape index (κ3) is 4.97. The van der Waals surface area contributed by atoms with Crippen LogP contribution in [0, 0.1) is 13.8 Å². The predicted octanol–water partition coefficient (Wildman–Crippen LogP) is 3.77. The summed E-state index contributed by atoms with van der Waals surface area (Å²) in [5, 5.41) is 15.4. The minimum atomic E-state index is -0.264. The van der Waals surface area contributed by atoms with E-state index in [0.717, 1.165) is 17.7 Å². The molecule has 1 aliphatic carbocycles. The Morgan fingerprint density at radius 3 is 2.96 bits per heavy atom. The molecule has 7 heteroatoms. The number of amides is 1. The molecule has 0 saturated heterocycles. The summed E-state index contributed by atoms with van der Waals surface area (Å²) >= 11 is 1.38. The van der Waals surface area contributed by atoms with Crippen molar-refractivity contribution in [3.05, 3.63) is 41.0 Å². The molecular weight excluding hydrogens is 358 g/mol. The number of nitrogens with one attached hydrogen (secondary N) is 1. The third-order valence-electron chi connectivity index (χ3n) is 5.03. The van der Waals surface area contributed by atoms with Crippen LogP contribution in [0.5, 0.6) is 0 Å². The number of carbonyl (C=O) groups excluding carboxylic acids is 1. The zero-order valence-corrected chi connectivity index (χ0v) is 17.1. The van der Waals surface area contributed by atoms with Gasteiger partial charge in [-0.05, 0) is 80.5 Å². The number of allylic oxidation sites excluding steroid dienone is 1. The number of carbonyl (C=O) groups is 1. The van der Waals surface area contributed by atoms with E-state index in [1.807, 2.05) is 19.1 Å². The molecule has 3 rings (SSSR count). The normalized spacial score (nSPS) is 15.3. The second-order valence-corrected chi connectivity index (χ2v) is 8.31. The van der Waals surface area contributed by atoms with Crippen molar-refractivity contribution in [1.29, 1.82) is 0 Å². The molecule has 6 nitrogen and oxygen atoms in total. The molecule has 1 aliphatic rings. The van der Waals surface area contributed by atoms with Crippen molar-refractivity contribution in [3.63, 3.8) is 0 Å². The summed E-state index contributed by atoms with van der Waals surface area (Å²) in [6.07, 6.45) is 8.18. The van der Waals surface area contributed by atoms with E-state index in [0.29, 0.717) is 11.7 Å². The van der Waals surface area contributed by atoms with Crippen LogP contribution in [0.25, 0.3) is 5.69 Å². The van der Waals surface area contributed by atoms with Crippen LogP contribution in [0.1, 0.15) is 50.2 Å². The molecule has 0 fully saturated rings. The third-order valence-corrected chi connectivity index (χ3v) is 6.06. The molecular formula is C20H27N5OS. The van der Waals surface area contributed by atoms with Crippen molar-refractivity contribution < 1.29 is 4.79 Å². The summed E-state index contributed by atoms with van der Waals surface area (Å²) in [6, 6.07) is 6.04. The first-order valence-electron chi connectivity index (χ1n) is 9.53. The quantitative estimate of drug-likeness (QED) is 0.580. The van der Waals surface area contributed by atoms with E-state index in [9.17, 15) is 4.79 Å². The van der Waals surface area contributed by atoms with Gasteiger partial charge in [-0.1, -0.05) is 35.5 Å². The Bertz CT molecular complexity index is 830. The molecule has 0 radical (unpaired) electrons. The van der Waals surface area contributed by atoms with Crippen LogP contribution >= 0.6 is 11.8 Å². The van der Waals surface area contributed by atoms with Crippen LogP contribution in [0.2, 0.25) is 0 Å². The molecule has 1 atom stereocenters. The number of rotatable bonds is 7. The maximum atomic E-state index is 12.5. The van der Waals surface area contributed by atoms with Crippen molar-refractivity contribution in [2.45, 2.75) is 63.3 Å². The van der Waals surface area contributed by atoms with Crippen LogP contribution in [-0.4, -0.2) is 37.9 Å². The molecule has 2 aromatic rings. The van der Waals surface area contributed by atoms with Crippen molar-refractivity contribution >= 4 is 17.7 Å². The lowest BCUT2D eigenvalue weighted by Crippen LogP contribution is -2.32. The molecule has 1 heterocycles. The Morgan fingerprint density at radius 1 is 1.33 bits per heavy atom. The smallest absolute Gasteiger partial charge is 0.233 e. The molecule has 1 aromatic heterocycles. The highest BCUT2D eigenvalue weighted by atomic mass is 32.2. The van der Waals surface area contributed by atoms with Crippen LogP contribution in [0.15, 0.2) is 35.0 Å². The molecule has 1 unspecified atom stereocenters. The molecule has 27 heavy (non-hydrogen) atoms. The van der Waals surface area contributed by atoms with E-state index in [4.69, 9.17) is 0 Å². The lowest BCUT2D eigenvalue weighted by atomic mass is 9.97. The van der Waals surface area contributed by atoms with Crippen molar-refractivity contribution in [1.82, 2.24) is 25.5 Å². The van der Waals surface area contributed by atoms with Crippen LogP contribution in [-0.2, 0) is 4.79 Å². The Hall–Kier alpha value is -2.15. The first-order chi connectivity index (χ1) is 13.1. The molecule has 1 aromatic carbocycles. The minimum Gasteiger partial charge on any atom is -0.355 e. The maximum Gasteiger partial charge on any atom is 0.233 e. The van der Waals surface area contributed by atoms with E-state index in [-0.39, 0.29) is 11.2 Å². The van der Waals surface area contributed by atoms with Crippen molar-refractivity contribution in [2.24, 2.45) is 0 Å². The fraction of sp³-hybridized carbons (Fsp3) is 0.500. The minimum absolute atomic E-state index is 0.0203. The van der Waals surface area contributed by atoms with Crippen LogP contribution < -0.4 is 5.32 Å². The van der Waals surface area contributed by atoms with Gasteiger partial charge in [0.2, 0.25) is 11.1 Å². The molecule has 0 aliphatic heterocycles. The number of hydrogen-bond donors (Lipinski definition) is 1. The second-order valence-electron chi connectivity index (χ2n) is 7.00. The zero-order valence-electron chi connectivity index (χ0n) is 16.2. The topological polar surface area (TPSA) is 72.7 Å². The van der Waals surface area contributed by atoms with E-state index in [1.54, 1.807) is 4.68 Å². The summed E-state index contributed by atoms with van der Waals surface area (Å²) in [6.45, 7) is 6.70. The summed E-state index contributed by atoms with van der Waals surface area (Å²) < 4.78 is 1.71. The molecule has 0 bridgehead atoms. The molecule has 144 valence electrons. The molecule has 0 saturated carbocycles. The second kappa shape index (κ2) is 9.17. The van der Waals surface area contributed by atoms with Gasteiger partial charge in [-0.15, -0.1) is 5.10 Å². The average molecular weight is 386 g/mol. The number of nitrogens with zero attached hydrogens (tertiary/aromatic N) is 4. The lowest BCUT2D eigenvalue weighted by molar-refractivity contribution is -0.120. The Kier molecular flexibility index (Phi) is 6.66. The first-order valence-corrected chi connectivity index (χ1v) is 10.4. The standard InChI is InChI=1S/C20H27N5OS/c1-14-8-7-11-18(15(14)2)25-20(22-23-24-25)27-16(3)19(26)21-13-12-17-9-5-4-6-10-17/h7-9,11,16H,4-6,10,12-13H2,1-3H3,(H,21,26). The monoisotopic (exact) mass is 385 g/mol. The van der Waals surface area contributed by atoms with Gasteiger partial charge in [0.15, 0.2) is 0 Å². The first kappa shape index (κ1) is 19.6. The van der Waals surface area contributed by atoms with Gasteiger partial charge in [-0.3, -0.25) is 4.79 Å². The number of tetrazole rings is 1. The highest BCUT2D eigenvalue weighted by Gasteiger charge is 2.20. The van der Waals surface area contributed by atoms with Gasteiger partial charge in [0, 0.05) is 6.54 Å². The summed E-state index contributed by atoms with van der Waals surface area (Å²) in [5.74, 6) is 0.0203. The van der Waals surface area contributed by atoms with Gasteiger partial charge in [-0.2, -0.15) is 4.68 Å². The highest BCUT2D eigenvalue weighted by Crippen LogP contribution is 2.25. The van der Waals surface area contributed by atoms with Gasteiger partial charge in [0.25, 0.3) is 0 Å². The van der Waals surface area contributed by atoms with Gasteiger partial charge in [0.1, 0.15) is 0 Å². The fourth-order valence-corrected chi connectivity index (χ4v) is 4.03. The van der Waals surface area contributed by atoms with Gasteiger partial charge >= 0.3 is 0 Å². The predicted molar refractivity (Wildman–Crippen MR) is 108 cm³/mol. The Balaban J connectivity index is 1.59. The van der Waals surface area contributed by atoms with E-state index in [2.05, 4.69) is 46.8 Å². The summed E-state index contributed by atoms with van der Waals surface area (Å²) in [7, 11) is 0. The number of thioether (sulfide) groups is 1. The number of hydrogen-bond acceptors (Lipinski definition) is 5.